The van der Waals surface area contributed by atoms with Crippen LogP contribution < -0.4 is 4.74 Å². The molecule has 0 aliphatic heterocycles. The molecule has 0 saturated heterocycles. The Morgan fingerprint density at radius 2 is 2.00 bits per heavy atom. The van der Waals surface area contributed by atoms with Crippen LogP contribution in [0.1, 0.15) is 17.1 Å². The highest BCUT2D eigenvalue weighted by molar-refractivity contribution is 6.31. The van der Waals surface area contributed by atoms with Crippen molar-refractivity contribution in [3.63, 3.8) is 0 Å². The smallest absolute Gasteiger partial charge is 0.148 e. The van der Waals surface area contributed by atoms with Gasteiger partial charge in [0.15, 0.2) is 0 Å². The van der Waals surface area contributed by atoms with Gasteiger partial charge in [-0.25, -0.2) is 4.98 Å². The average molecular weight is 353 g/mol. The summed E-state index contributed by atoms with van der Waals surface area (Å²) in [6.07, 6.45) is 1.67. The standard InChI is InChI=1S/C20H17ClN2O2/c1-14-5-2-3-7-19(14)25-13-20-22-17-9-8-15(21)11-18(17)23(20)12-16-6-4-10-24-16/h2-11H,12-13H2,1H3. The molecule has 0 bridgehead atoms. The Morgan fingerprint density at radius 3 is 2.80 bits per heavy atom. The number of fused-ring (bicyclic) bond motifs is 1. The summed E-state index contributed by atoms with van der Waals surface area (Å²) in [7, 11) is 0. The van der Waals surface area contributed by atoms with Crippen LogP contribution in [-0.4, -0.2) is 9.55 Å². The predicted octanol–water partition coefficient (Wildman–Crippen LogP) is 5.22. The normalized spacial score (nSPS) is 11.1. The molecule has 2 aromatic carbocycles. The maximum atomic E-state index is 6.18. The Labute approximate surface area is 150 Å². The minimum atomic E-state index is 0.373. The van der Waals surface area contributed by atoms with E-state index < -0.39 is 0 Å². The Kier molecular flexibility index (Phi) is 4.20. The number of hydrogen-bond acceptors (Lipinski definition) is 3. The molecular formula is C20H17ClN2O2. The highest BCUT2D eigenvalue weighted by Crippen LogP contribution is 2.24. The van der Waals surface area contributed by atoms with Crippen molar-refractivity contribution in [2.24, 2.45) is 0 Å². The van der Waals surface area contributed by atoms with Gasteiger partial charge in [-0.2, -0.15) is 0 Å². The minimum absolute atomic E-state index is 0.373. The fourth-order valence-electron chi connectivity index (χ4n) is 2.85. The minimum Gasteiger partial charge on any atom is -0.485 e. The Morgan fingerprint density at radius 1 is 1.12 bits per heavy atom. The van der Waals surface area contributed by atoms with Crippen molar-refractivity contribution in [1.82, 2.24) is 9.55 Å². The third-order valence-corrected chi connectivity index (χ3v) is 4.37. The lowest BCUT2D eigenvalue weighted by atomic mass is 10.2. The van der Waals surface area contributed by atoms with Gasteiger partial charge in [0.25, 0.3) is 0 Å². The maximum absolute atomic E-state index is 6.18. The van der Waals surface area contributed by atoms with Crippen molar-refractivity contribution in [1.29, 1.82) is 0 Å². The molecule has 0 fully saturated rings. The third kappa shape index (κ3) is 3.26. The molecule has 0 radical (unpaired) electrons. The van der Waals surface area contributed by atoms with E-state index in [-0.39, 0.29) is 0 Å². The van der Waals surface area contributed by atoms with Crippen LogP contribution in [0.5, 0.6) is 5.75 Å². The monoisotopic (exact) mass is 352 g/mol. The molecule has 126 valence electrons. The highest BCUT2D eigenvalue weighted by atomic mass is 35.5. The van der Waals surface area contributed by atoms with Gasteiger partial charge in [0.2, 0.25) is 0 Å². The van der Waals surface area contributed by atoms with Gasteiger partial charge in [-0.1, -0.05) is 29.8 Å². The summed E-state index contributed by atoms with van der Waals surface area (Å²) >= 11 is 6.18. The fourth-order valence-corrected chi connectivity index (χ4v) is 3.02. The van der Waals surface area contributed by atoms with Crippen LogP contribution in [0.15, 0.2) is 65.3 Å². The van der Waals surface area contributed by atoms with E-state index in [0.717, 1.165) is 33.9 Å². The fraction of sp³-hybridized carbons (Fsp3) is 0.150. The number of halogens is 1. The zero-order valence-corrected chi connectivity index (χ0v) is 14.5. The quantitative estimate of drug-likeness (QED) is 0.494. The van der Waals surface area contributed by atoms with Gasteiger partial charge in [0.1, 0.15) is 23.9 Å². The number of rotatable bonds is 5. The molecule has 2 aromatic heterocycles. The molecular weight excluding hydrogens is 336 g/mol. The topological polar surface area (TPSA) is 40.2 Å². The molecule has 4 aromatic rings. The predicted molar refractivity (Wildman–Crippen MR) is 98.1 cm³/mol. The second kappa shape index (κ2) is 6.65. The molecule has 0 unspecified atom stereocenters. The van der Waals surface area contributed by atoms with Crippen molar-refractivity contribution < 1.29 is 9.15 Å². The molecule has 4 nitrogen and oxygen atoms in total. The molecule has 5 heteroatoms. The van der Waals surface area contributed by atoms with Crippen LogP contribution in [0.25, 0.3) is 11.0 Å². The Balaban J connectivity index is 1.70. The largest absolute Gasteiger partial charge is 0.485 e. The lowest BCUT2D eigenvalue weighted by molar-refractivity contribution is 0.288. The van der Waals surface area contributed by atoms with E-state index in [2.05, 4.69) is 4.57 Å². The number of para-hydroxylation sites is 1. The van der Waals surface area contributed by atoms with Gasteiger partial charge in [-0.05, 0) is 48.9 Å². The molecule has 0 amide bonds. The van der Waals surface area contributed by atoms with Crippen molar-refractivity contribution in [3.8, 4) is 5.75 Å². The number of aryl methyl sites for hydroxylation is 1. The van der Waals surface area contributed by atoms with Gasteiger partial charge < -0.3 is 13.7 Å². The van der Waals surface area contributed by atoms with Crippen molar-refractivity contribution in [2.75, 3.05) is 0 Å². The van der Waals surface area contributed by atoms with Crippen LogP contribution in [0, 0.1) is 6.92 Å². The zero-order valence-electron chi connectivity index (χ0n) is 13.8. The number of furan rings is 1. The van der Waals surface area contributed by atoms with Crippen LogP contribution in [0.3, 0.4) is 0 Å². The van der Waals surface area contributed by atoms with Crippen molar-refractivity contribution in [2.45, 2.75) is 20.1 Å². The first-order valence-corrected chi connectivity index (χ1v) is 8.44. The van der Waals surface area contributed by atoms with Gasteiger partial charge in [0, 0.05) is 5.02 Å². The molecule has 4 rings (SSSR count). The number of nitrogens with zero attached hydrogens (tertiary/aromatic N) is 2. The van der Waals surface area contributed by atoms with E-state index in [0.29, 0.717) is 18.2 Å². The summed E-state index contributed by atoms with van der Waals surface area (Å²) in [4.78, 5) is 4.72. The summed E-state index contributed by atoms with van der Waals surface area (Å²) in [5.41, 5.74) is 2.95. The zero-order chi connectivity index (χ0) is 17.2. The van der Waals surface area contributed by atoms with Gasteiger partial charge in [-0.3, -0.25) is 0 Å². The summed E-state index contributed by atoms with van der Waals surface area (Å²) in [5.74, 6) is 2.55. The first kappa shape index (κ1) is 15.8. The molecule has 0 spiro atoms. The molecule has 25 heavy (non-hydrogen) atoms. The summed E-state index contributed by atoms with van der Waals surface area (Å²) in [6, 6.07) is 17.5. The molecule has 0 aliphatic carbocycles. The van der Waals surface area contributed by atoms with E-state index in [4.69, 9.17) is 25.7 Å². The lowest BCUT2D eigenvalue weighted by Crippen LogP contribution is -2.08. The van der Waals surface area contributed by atoms with Gasteiger partial charge in [-0.15, -0.1) is 0 Å². The lowest BCUT2D eigenvalue weighted by Gasteiger charge is -2.11. The maximum Gasteiger partial charge on any atom is 0.148 e. The van der Waals surface area contributed by atoms with E-state index in [1.54, 1.807) is 6.26 Å². The van der Waals surface area contributed by atoms with Crippen LogP contribution in [-0.2, 0) is 13.2 Å². The molecule has 0 atom stereocenters. The van der Waals surface area contributed by atoms with Crippen molar-refractivity contribution in [3.05, 3.63) is 83.0 Å². The molecule has 0 aliphatic rings. The van der Waals surface area contributed by atoms with E-state index in [1.807, 2.05) is 61.5 Å². The molecule has 2 heterocycles. The third-order valence-electron chi connectivity index (χ3n) is 4.13. The Hall–Kier alpha value is -2.72. The molecule has 0 saturated carbocycles. The van der Waals surface area contributed by atoms with Gasteiger partial charge >= 0.3 is 0 Å². The SMILES string of the molecule is Cc1ccccc1OCc1nc2ccc(Cl)cc2n1Cc1ccco1. The van der Waals surface area contributed by atoms with Crippen LogP contribution in [0.4, 0.5) is 0 Å². The van der Waals surface area contributed by atoms with Crippen molar-refractivity contribution >= 4 is 22.6 Å². The summed E-state index contributed by atoms with van der Waals surface area (Å²) < 4.78 is 13.6. The first-order chi connectivity index (χ1) is 12.2. The second-order valence-corrected chi connectivity index (χ2v) is 6.32. The second-order valence-electron chi connectivity index (χ2n) is 5.88. The van der Waals surface area contributed by atoms with Gasteiger partial charge in [0.05, 0.1) is 23.8 Å². The number of hydrogen-bond donors (Lipinski definition) is 0. The van der Waals surface area contributed by atoms with Crippen LogP contribution >= 0.6 is 11.6 Å². The number of aromatic nitrogens is 2. The average Bonchev–Trinajstić information content (AvgIpc) is 3.23. The number of benzene rings is 2. The summed E-state index contributed by atoms with van der Waals surface area (Å²) in [6.45, 7) is 2.98. The van der Waals surface area contributed by atoms with Crippen LogP contribution in [0.2, 0.25) is 5.02 Å². The first-order valence-electron chi connectivity index (χ1n) is 8.06. The van der Waals surface area contributed by atoms with E-state index >= 15 is 0 Å². The number of ether oxygens (including phenoxy) is 1. The number of imidazole rings is 1. The van der Waals surface area contributed by atoms with E-state index in [9.17, 15) is 0 Å². The summed E-state index contributed by atoms with van der Waals surface area (Å²) in [5, 5.41) is 0.680. The Bertz CT molecular complexity index is 1010. The highest BCUT2D eigenvalue weighted by Gasteiger charge is 2.14. The molecule has 0 N–H and O–H groups in total. The van der Waals surface area contributed by atoms with E-state index in [1.165, 1.54) is 0 Å².